The summed E-state index contributed by atoms with van der Waals surface area (Å²) < 4.78 is 8.24. The Bertz CT molecular complexity index is 2090. The Morgan fingerprint density at radius 1 is 0.860 bits per heavy atom. The van der Waals surface area contributed by atoms with E-state index in [4.69, 9.17) is 31.0 Å². The molecule has 0 saturated heterocycles. The van der Waals surface area contributed by atoms with E-state index in [9.17, 15) is 9.59 Å². The molecular weight excluding hydrogens is 648 g/mol. The highest BCUT2D eigenvalue weighted by molar-refractivity contribution is 6.08. The van der Waals surface area contributed by atoms with Crippen LogP contribution in [0.5, 0.6) is 11.5 Å². The summed E-state index contributed by atoms with van der Waals surface area (Å²) in [6.45, 7) is -0.0695. The van der Waals surface area contributed by atoms with E-state index >= 15 is 0 Å². The number of benzene rings is 2. The van der Waals surface area contributed by atoms with Crippen molar-refractivity contribution >= 4 is 46.7 Å². The van der Waals surface area contributed by atoms with Crippen molar-refractivity contribution in [1.29, 1.82) is 0 Å². The molecule has 4 aromatic heterocycles. The number of hydrogen-bond donors (Lipinski definition) is 6. The highest BCUT2D eigenvalue weighted by Crippen LogP contribution is 2.27. The quantitative estimate of drug-likeness (QED) is 0.0713. The van der Waals surface area contributed by atoms with Gasteiger partial charge in [0, 0.05) is 24.8 Å². The van der Waals surface area contributed by atoms with Gasteiger partial charge in [0.1, 0.15) is 16.9 Å². The van der Waals surface area contributed by atoms with Gasteiger partial charge in [0.05, 0.1) is 44.1 Å². The molecule has 260 valence electrons. The number of carbonyl (C=O) groups is 2. The number of methoxy groups -OCH3 is 1. The monoisotopic (exact) mass is 684 g/mol. The highest BCUT2D eigenvalue weighted by Gasteiger charge is 2.16. The molecule has 1 amide bonds. The summed E-state index contributed by atoms with van der Waals surface area (Å²) in [5.41, 5.74) is 9.40. The molecule has 2 aromatic carbocycles. The zero-order chi connectivity index (χ0) is 35.2. The van der Waals surface area contributed by atoms with Gasteiger partial charge in [-0.25, -0.2) is 29.1 Å². The molecule has 0 bridgehead atoms. The van der Waals surface area contributed by atoms with E-state index in [2.05, 4.69) is 30.4 Å². The number of anilines is 2. The van der Waals surface area contributed by atoms with Gasteiger partial charge >= 0.3 is 5.97 Å². The number of nitrogens with two attached hydrogens (primary N) is 1. The van der Waals surface area contributed by atoms with Crippen LogP contribution in [0.3, 0.4) is 0 Å². The number of amides is 1. The van der Waals surface area contributed by atoms with Crippen LogP contribution in [-0.2, 0) is 0 Å². The molecule has 7 N–H and O–H groups in total. The van der Waals surface area contributed by atoms with Crippen LogP contribution in [0.25, 0.3) is 23.4 Å². The third kappa shape index (κ3) is 9.71. The number of aliphatic hydroxyl groups excluding tert-OH is 2. The Kier molecular flexibility index (Phi) is 14.1. The third-order valence-electron chi connectivity index (χ3n) is 6.47. The standard InChI is InChI=1S/C17H16N4O3.C9H11NO3.C7H5N3O2.CH4/c1-24-15-6-5-12(4-2-9-22)10-14(15)20-17(23)13-11-19-21-8-3-7-18-16(13)21;10-8-6-7(2-1-5-11)3-4-9(8)13-12;11-7(12)5-4-9-10-3-1-2-8-6(5)10;/h2-8,10-11,22H,9H2,1H3,(H,20,23);1-4,6,11-12H,5,10H2;1-4H,(H,11,12);1H4/b4-2+;2-1+;;. The molecule has 4 heterocycles. The van der Waals surface area contributed by atoms with Crippen molar-refractivity contribution < 1.29 is 39.8 Å². The number of nitrogens with one attached hydrogen (secondary N) is 1. The summed E-state index contributed by atoms with van der Waals surface area (Å²) in [4.78, 5) is 35.2. The van der Waals surface area contributed by atoms with E-state index in [1.165, 1.54) is 34.7 Å². The first kappa shape index (κ1) is 37.8. The van der Waals surface area contributed by atoms with Crippen LogP contribution in [0.15, 0.2) is 97.9 Å². The molecule has 50 heavy (non-hydrogen) atoms. The summed E-state index contributed by atoms with van der Waals surface area (Å²) in [5.74, 6) is -0.580. The smallest absolute Gasteiger partial charge is 0.341 e. The zero-order valence-electron chi connectivity index (χ0n) is 26.0. The van der Waals surface area contributed by atoms with Crippen molar-refractivity contribution in [2.24, 2.45) is 0 Å². The normalized spacial score (nSPS) is 10.6. The number of rotatable bonds is 9. The lowest BCUT2D eigenvalue weighted by molar-refractivity contribution is -0.136. The van der Waals surface area contributed by atoms with Crippen LogP contribution in [0, 0.1) is 0 Å². The number of ether oxygens (including phenoxy) is 1. The molecule has 6 aromatic rings. The van der Waals surface area contributed by atoms with Gasteiger partial charge in [-0.05, 0) is 47.5 Å². The highest BCUT2D eigenvalue weighted by atomic mass is 17.1. The van der Waals surface area contributed by atoms with E-state index in [1.807, 2.05) is 6.07 Å². The van der Waals surface area contributed by atoms with Gasteiger partial charge in [0.25, 0.3) is 5.91 Å². The molecule has 0 spiro atoms. The first-order valence-corrected chi connectivity index (χ1v) is 14.3. The van der Waals surface area contributed by atoms with Crippen molar-refractivity contribution in [1.82, 2.24) is 29.2 Å². The fourth-order valence-electron chi connectivity index (χ4n) is 4.21. The maximum Gasteiger partial charge on any atom is 0.341 e. The van der Waals surface area contributed by atoms with Crippen LogP contribution in [-0.4, -0.2) is 82.0 Å². The average Bonchev–Trinajstić information content (AvgIpc) is 3.76. The van der Waals surface area contributed by atoms with Crippen LogP contribution < -0.4 is 20.7 Å². The van der Waals surface area contributed by atoms with Crippen molar-refractivity contribution in [2.45, 2.75) is 7.43 Å². The van der Waals surface area contributed by atoms with Crippen molar-refractivity contribution in [3.8, 4) is 11.5 Å². The number of fused-ring (bicyclic) bond motifs is 2. The molecule has 0 saturated carbocycles. The number of carbonyl (C=O) groups excluding carboxylic acids is 1. The summed E-state index contributed by atoms with van der Waals surface area (Å²) >= 11 is 0. The molecule has 0 atom stereocenters. The van der Waals surface area contributed by atoms with Gasteiger partial charge in [0.2, 0.25) is 0 Å². The third-order valence-corrected chi connectivity index (χ3v) is 6.47. The van der Waals surface area contributed by atoms with E-state index < -0.39 is 5.97 Å². The predicted molar refractivity (Wildman–Crippen MR) is 187 cm³/mol. The van der Waals surface area contributed by atoms with Gasteiger partial charge < -0.3 is 36.0 Å². The average molecular weight is 685 g/mol. The van der Waals surface area contributed by atoms with Gasteiger partial charge in [-0.3, -0.25) is 4.79 Å². The van der Waals surface area contributed by atoms with E-state index in [0.717, 1.165) is 11.1 Å². The van der Waals surface area contributed by atoms with E-state index in [1.54, 1.807) is 85.4 Å². The maximum absolute atomic E-state index is 12.6. The fraction of sp³-hybridized carbons (Fsp3) is 0.118. The number of aromatic nitrogens is 6. The molecule has 0 aliphatic heterocycles. The molecule has 0 aliphatic rings. The topological polar surface area (TPSA) is 232 Å². The largest absolute Gasteiger partial charge is 0.495 e. The molecule has 0 radical (unpaired) electrons. The number of hydrogen-bond acceptors (Lipinski definition) is 12. The number of aromatic carboxylic acids is 1. The first-order chi connectivity index (χ1) is 23.8. The minimum atomic E-state index is -1.01. The lowest BCUT2D eigenvalue weighted by Crippen LogP contribution is -2.13. The van der Waals surface area contributed by atoms with E-state index in [0.29, 0.717) is 34.0 Å². The zero-order valence-corrected chi connectivity index (χ0v) is 26.0. The molecule has 0 unspecified atom stereocenters. The second kappa shape index (κ2) is 18.6. The number of nitrogen functional groups attached to an aromatic ring is 1. The Morgan fingerprint density at radius 2 is 1.40 bits per heavy atom. The van der Waals surface area contributed by atoms with Gasteiger partial charge in [-0.2, -0.15) is 10.2 Å². The Balaban J connectivity index is 0.000000220. The second-order valence-electron chi connectivity index (χ2n) is 9.67. The lowest BCUT2D eigenvalue weighted by Gasteiger charge is -2.10. The summed E-state index contributed by atoms with van der Waals surface area (Å²) in [6, 6.07) is 13.7. The van der Waals surface area contributed by atoms with Crippen LogP contribution in [0.1, 0.15) is 39.3 Å². The molecule has 16 nitrogen and oxygen atoms in total. The Labute approximate surface area is 285 Å². The number of aliphatic hydroxyl groups is 2. The first-order valence-electron chi connectivity index (χ1n) is 14.3. The fourth-order valence-corrected chi connectivity index (χ4v) is 4.21. The number of carboxylic acid groups (broad SMARTS) is 1. The molecule has 0 fully saturated rings. The Hall–Kier alpha value is -6.62. The van der Waals surface area contributed by atoms with Crippen molar-refractivity contribution in [3.05, 3.63) is 120 Å². The number of carboxylic acids is 1. The molecule has 6 rings (SSSR count). The SMILES string of the molecule is C.COc1ccc(/C=C/CO)cc1NC(=O)c1cnn2cccnc12.Nc1cc(/C=C/CO)ccc1OO.O=C(O)c1cnn2cccnc12. The van der Waals surface area contributed by atoms with Crippen LogP contribution in [0.4, 0.5) is 11.4 Å². The van der Waals surface area contributed by atoms with Gasteiger partial charge in [-0.15, -0.1) is 0 Å². The number of nitrogens with zero attached hydrogens (tertiary/aromatic N) is 6. The molecule has 0 aliphatic carbocycles. The summed E-state index contributed by atoms with van der Waals surface area (Å²) in [7, 11) is 1.53. The van der Waals surface area contributed by atoms with Crippen LogP contribution >= 0.6 is 0 Å². The van der Waals surface area contributed by atoms with Gasteiger partial charge in [0.15, 0.2) is 17.0 Å². The summed E-state index contributed by atoms with van der Waals surface area (Å²) in [6.07, 6.45) is 15.9. The predicted octanol–water partition coefficient (Wildman–Crippen LogP) is 4.19. The van der Waals surface area contributed by atoms with Crippen LogP contribution in [0.2, 0.25) is 0 Å². The maximum atomic E-state index is 12.6. The molecule has 16 heteroatoms. The van der Waals surface area contributed by atoms with Gasteiger partial charge in [-0.1, -0.05) is 43.9 Å². The summed E-state index contributed by atoms with van der Waals surface area (Å²) in [5, 5.41) is 45.1. The van der Waals surface area contributed by atoms with E-state index in [-0.39, 0.29) is 37.9 Å². The van der Waals surface area contributed by atoms with Crippen molar-refractivity contribution in [3.63, 3.8) is 0 Å². The lowest BCUT2D eigenvalue weighted by atomic mass is 10.1. The minimum absolute atomic E-state index is 0. The second-order valence-corrected chi connectivity index (χ2v) is 9.67. The molecular formula is C34H36N8O8. The Morgan fingerprint density at radius 3 is 1.92 bits per heavy atom. The minimum Gasteiger partial charge on any atom is -0.495 e. The van der Waals surface area contributed by atoms with Crippen molar-refractivity contribution in [2.75, 3.05) is 31.4 Å².